The molecule has 0 aromatic heterocycles. The number of anilines is 1. The zero-order chi connectivity index (χ0) is 20.1. The molecule has 2 heterocycles. The number of benzene rings is 1. The molecule has 7 heteroatoms. The molecular weight excluding hydrogens is 362 g/mol. The lowest BCUT2D eigenvalue weighted by atomic mass is 9.86. The second kappa shape index (κ2) is 6.87. The second-order valence-corrected chi connectivity index (χ2v) is 10.5. The van der Waals surface area contributed by atoms with Crippen LogP contribution in [-0.4, -0.2) is 62.8 Å². The average molecular weight is 394 g/mol. The maximum absolute atomic E-state index is 13.2. The lowest BCUT2D eigenvalue weighted by Crippen LogP contribution is -2.47. The molecule has 1 fully saturated rings. The highest BCUT2D eigenvalue weighted by molar-refractivity contribution is 7.89. The van der Waals surface area contributed by atoms with Crippen molar-refractivity contribution >= 4 is 21.6 Å². The molecule has 0 bridgehead atoms. The van der Waals surface area contributed by atoms with Crippen LogP contribution >= 0.6 is 0 Å². The Balaban J connectivity index is 1.84. The van der Waals surface area contributed by atoms with Crippen molar-refractivity contribution in [3.63, 3.8) is 0 Å². The SMILES string of the molecule is CC(C)N(C)C1CCN(S(=O)(=O)c2ccc3c(c2)C(C)(C)C(=O)N3C)CC1. The Morgan fingerprint density at radius 2 is 1.78 bits per heavy atom. The van der Waals surface area contributed by atoms with Gasteiger partial charge in [-0.05, 0) is 71.3 Å². The van der Waals surface area contributed by atoms with Crippen molar-refractivity contribution in [2.24, 2.45) is 0 Å². The number of amides is 1. The highest BCUT2D eigenvalue weighted by Crippen LogP contribution is 2.42. The van der Waals surface area contributed by atoms with Crippen molar-refractivity contribution in [1.29, 1.82) is 0 Å². The van der Waals surface area contributed by atoms with E-state index in [9.17, 15) is 13.2 Å². The van der Waals surface area contributed by atoms with Gasteiger partial charge >= 0.3 is 0 Å². The number of carbonyl (C=O) groups excluding carboxylic acids is 1. The van der Waals surface area contributed by atoms with E-state index in [1.165, 1.54) is 0 Å². The summed E-state index contributed by atoms with van der Waals surface area (Å²) in [5.74, 6) is -0.00964. The van der Waals surface area contributed by atoms with Gasteiger partial charge in [0, 0.05) is 37.9 Å². The third-order valence-electron chi connectivity index (χ3n) is 6.29. The molecule has 0 radical (unpaired) electrons. The first-order valence-electron chi connectivity index (χ1n) is 9.62. The monoisotopic (exact) mass is 393 g/mol. The highest BCUT2D eigenvalue weighted by atomic mass is 32.2. The van der Waals surface area contributed by atoms with Crippen LogP contribution in [0.2, 0.25) is 0 Å². The number of rotatable bonds is 4. The van der Waals surface area contributed by atoms with E-state index in [1.54, 1.807) is 34.5 Å². The number of sulfonamides is 1. The Kier molecular flexibility index (Phi) is 5.16. The number of hydrogen-bond acceptors (Lipinski definition) is 4. The minimum absolute atomic E-state index is 0.00964. The van der Waals surface area contributed by atoms with E-state index in [0.717, 1.165) is 24.1 Å². The number of nitrogens with zero attached hydrogens (tertiary/aromatic N) is 3. The van der Waals surface area contributed by atoms with Crippen molar-refractivity contribution in [3.8, 4) is 0 Å². The molecule has 0 atom stereocenters. The van der Waals surface area contributed by atoms with Crippen LogP contribution in [0.4, 0.5) is 5.69 Å². The summed E-state index contributed by atoms with van der Waals surface area (Å²) < 4.78 is 28.0. The van der Waals surface area contributed by atoms with Crippen molar-refractivity contribution in [2.75, 3.05) is 32.1 Å². The Morgan fingerprint density at radius 3 is 2.33 bits per heavy atom. The van der Waals surface area contributed by atoms with Crippen LogP contribution in [0.3, 0.4) is 0 Å². The first-order chi connectivity index (χ1) is 12.5. The van der Waals surface area contributed by atoms with Gasteiger partial charge in [0.15, 0.2) is 0 Å². The molecule has 3 rings (SSSR count). The third kappa shape index (κ3) is 3.30. The van der Waals surface area contributed by atoms with Gasteiger partial charge in [-0.25, -0.2) is 8.42 Å². The predicted octanol–water partition coefficient (Wildman–Crippen LogP) is 2.43. The molecule has 0 aliphatic carbocycles. The number of carbonyl (C=O) groups is 1. The first kappa shape index (κ1) is 20.3. The normalized spacial score (nSPS) is 21.3. The Hall–Kier alpha value is -1.44. The number of likely N-dealkylation sites (N-methyl/N-ethyl adjacent to an activating group) is 1. The second-order valence-electron chi connectivity index (χ2n) is 8.56. The summed E-state index contributed by atoms with van der Waals surface area (Å²) >= 11 is 0. The van der Waals surface area contributed by atoms with Crippen molar-refractivity contribution in [1.82, 2.24) is 9.21 Å². The van der Waals surface area contributed by atoms with E-state index in [-0.39, 0.29) is 10.8 Å². The number of piperidine rings is 1. The largest absolute Gasteiger partial charge is 0.314 e. The van der Waals surface area contributed by atoms with Crippen molar-refractivity contribution in [2.45, 2.75) is 62.9 Å². The molecule has 1 saturated heterocycles. The molecule has 2 aliphatic heterocycles. The van der Waals surface area contributed by atoms with Crippen LogP contribution in [-0.2, 0) is 20.2 Å². The lowest BCUT2D eigenvalue weighted by molar-refractivity contribution is -0.121. The number of fused-ring (bicyclic) bond motifs is 1. The quantitative estimate of drug-likeness (QED) is 0.788. The summed E-state index contributed by atoms with van der Waals surface area (Å²) in [5, 5.41) is 0. The van der Waals surface area contributed by atoms with Gasteiger partial charge in [0.05, 0.1) is 10.3 Å². The average Bonchev–Trinajstić information content (AvgIpc) is 2.81. The minimum atomic E-state index is -3.55. The van der Waals surface area contributed by atoms with Crippen molar-refractivity contribution < 1.29 is 13.2 Å². The maximum atomic E-state index is 13.2. The molecular formula is C20H31N3O3S. The van der Waals surface area contributed by atoms with Gasteiger partial charge in [-0.1, -0.05) is 0 Å². The first-order valence-corrected chi connectivity index (χ1v) is 11.1. The lowest BCUT2D eigenvalue weighted by Gasteiger charge is -2.38. The van der Waals surface area contributed by atoms with E-state index in [2.05, 4.69) is 25.8 Å². The molecule has 0 N–H and O–H groups in total. The van der Waals surface area contributed by atoms with Crippen LogP contribution in [0.25, 0.3) is 0 Å². The van der Waals surface area contributed by atoms with Gasteiger partial charge in [0.25, 0.3) is 0 Å². The van der Waals surface area contributed by atoms with E-state index in [0.29, 0.717) is 25.2 Å². The molecule has 2 aliphatic rings. The molecule has 1 aromatic carbocycles. The topological polar surface area (TPSA) is 60.9 Å². The standard InChI is InChI=1S/C20H31N3O3S/c1-14(2)21(5)15-9-11-23(12-10-15)27(25,26)16-7-8-18-17(13-16)20(3,4)19(24)22(18)6/h7-8,13-15H,9-12H2,1-6H3. The summed E-state index contributed by atoms with van der Waals surface area (Å²) in [5.41, 5.74) is 0.870. The molecule has 27 heavy (non-hydrogen) atoms. The smallest absolute Gasteiger partial charge is 0.243 e. The van der Waals surface area contributed by atoms with E-state index < -0.39 is 15.4 Å². The van der Waals surface area contributed by atoms with Gasteiger partial charge in [0.1, 0.15) is 0 Å². The molecule has 0 spiro atoms. The van der Waals surface area contributed by atoms with Crippen LogP contribution in [0.15, 0.2) is 23.1 Å². The highest BCUT2D eigenvalue weighted by Gasteiger charge is 2.43. The Labute approximate surface area is 163 Å². The van der Waals surface area contributed by atoms with Gasteiger partial charge in [-0.3, -0.25) is 4.79 Å². The molecule has 1 amide bonds. The molecule has 1 aromatic rings. The zero-order valence-corrected chi connectivity index (χ0v) is 18.0. The fourth-order valence-electron chi connectivity index (χ4n) is 4.17. The molecule has 150 valence electrons. The van der Waals surface area contributed by atoms with Gasteiger partial charge in [0.2, 0.25) is 15.9 Å². The Bertz CT molecular complexity index is 840. The van der Waals surface area contributed by atoms with Crippen molar-refractivity contribution in [3.05, 3.63) is 23.8 Å². The van der Waals surface area contributed by atoms with Gasteiger partial charge in [-0.2, -0.15) is 4.31 Å². The summed E-state index contributed by atoms with van der Waals surface area (Å²) in [6, 6.07) is 5.95. The summed E-state index contributed by atoms with van der Waals surface area (Å²) in [6.45, 7) is 9.08. The zero-order valence-electron chi connectivity index (χ0n) is 17.2. The minimum Gasteiger partial charge on any atom is -0.314 e. The maximum Gasteiger partial charge on any atom is 0.243 e. The van der Waals surface area contributed by atoms with E-state index >= 15 is 0 Å². The molecule has 0 unspecified atom stereocenters. The molecule has 6 nitrogen and oxygen atoms in total. The van der Waals surface area contributed by atoms with Crippen LogP contribution in [0.5, 0.6) is 0 Å². The fourth-order valence-corrected chi connectivity index (χ4v) is 5.67. The van der Waals surface area contributed by atoms with E-state index in [1.807, 2.05) is 13.8 Å². The van der Waals surface area contributed by atoms with Gasteiger partial charge in [-0.15, -0.1) is 0 Å². The summed E-state index contributed by atoms with van der Waals surface area (Å²) in [7, 11) is 0.290. The summed E-state index contributed by atoms with van der Waals surface area (Å²) in [6.07, 6.45) is 1.68. The van der Waals surface area contributed by atoms with Gasteiger partial charge < -0.3 is 9.80 Å². The predicted molar refractivity (Wildman–Crippen MR) is 108 cm³/mol. The fraction of sp³-hybridized carbons (Fsp3) is 0.650. The summed E-state index contributed by atoms with van der Waals surface area (Å²) in [4.78, 5) is 16.7. The van der Waals surface area contributed by atoms with Crippen LogP contribution in [0.1, 0.15) is 46.1 Å². The van der Waals surface area contributed by atoms with Crippen LogP contribution < -0.4 is 4.90 Å². The van der Waals surface area contributed by atoms with E-state index in [4.69, 9.17) is 0 Å². The molecule has 0 saturated carbocycles. The third-order valence-corrected chi connectivity index (χ3v) is 8.19. The number of hydrogen-bond donors (Lipinski definition) is 0. The Morgan fingerprint density at radius 1 is 1.19 bits per heavy atom. The van der Waals surface area contributed by atoms with Crippen LogP contribution in [0, 0.1) is 0 Å².